The molecule has 0 unspecified atom stereocenters. The second kappa shape index (κ2) is 9.18. The number of ether oxygens (including phenoxy) is 2. The third kappa shape index (κ3) is 5.10. The van der Waals surface area contributed by atoms with Gasteiger partial charge in [-0.3, -0.25) is 4.79 Å². The maximum absolute atomic E-state index is 12.6. The van der Waals surface area contributed by atoms with Crippen molar-refractivity contribution in [3.63, 3.8) is 0 Å². The minimum absolute atomic E-state index is 0.154. The summed E-state index contributed by atoms with van der Waals surface area (Å²) in [5.41, 5.74) is 2.27. The average Bonchev–Trinajstić information content (AvgIpc) is 2.73. The van der Waals surface area contributed by atoms with Crippen LogP contribution in [0.5, 0.6) is 11.5 Å². The van der Waals surface area contributed by atoms with Crippen LogP contribution in [0.3, 0.4) is 0 Å². The van der Waals surface area contributed by atoms with Crippen molar-refractivity contribution < 1.29 is 19.1 Å². The van der Waals surface area contributed by atoms with Gasteiger partial charge in [0, 0.05) is 50.5 Å². The second-order valence-corrected chi connectivity index (χ2v) is 6.70. The zero-order chi connectivity index (χ0) is 20.8. The predicted molar refractivity (Wildman–Crippen MR) is 113 cm³/mol. The molecule has 8 nitrogen and oxygen atoms in total. The number of piperazine rings is 1. The van der Waals surface area contributed by atoms with E-state index in [1.54, 1.807) is 43.4 Å². The zero-order valence-corrected chi connectivity index (χ0v) is 16.9. The molecule has 1 heterocycles. The highest BCUT2D eigenvalue weighted by Gasteiger charge is 2.23. The van der Waals surface area contributed by atoms with Crippen LogP contribution in [-0.2, 0) is 4.79 Å². The van der Waals surface area contributed by atoms with Gasteiger partial charge in [0.15, 0.2) is 0 Å². The van der Waals surface area contributed by atoms with E-state index in [2.05, 4.69) is 15.5 Å². The summed E-state index contributed by atoms with van der Waals surface area (Å²) in [6.07, 6.45) is 0. The van der Waals surface area contributed by atoms with E-state index in [4.69, 9.17) is 9.47 Å². The molecule has 2 aromatic rings. The average molecular weight is 398 g/mol. The van der Waals surface area contributed by atoms with Gasteiger partial charge in [-0.15, -0.1) is 0 Å². The van der Waals surface area contributed by atoms with Gasteiger partial charge >= 0.3 is 6.03 Å². The Kier molecular flexibility index (Phi) is 6.43. The van der Waals surface area contributed by atoms with E-state index in [1.165, 1.54) is 6.92 Å². The molecule has 154 valence electrons. The Balaban J connectivity index is 1.59. The molecule has 2 aromatic carbocycles. The highest BCUT2D eigenvalue weighted by molar-refractivity contribution is 5.92. The summed E-state index contributed by atoms with van der Waals surface area (Å²) in [5, 5.41) is 5.60. The lowest BCUT2D eigenvalue weighted by atomic mass is 10.2. The normalized spacial score (nSPS) is 13.6. The Labute approximate surface area is 170 Å². The molecule has 1 saturated heterocycles. The molecule has 0 bridgehead atoms. The summed E-state index contributed by atoms with van der Waals surface area (Å²) < 4.78 is 10.7. The van der Waals surface area contributed by atoms with Crippen LogP contribution in [0.1, 0.15) is 6.92 Å². The number of urea groups is 1. The quantitative estimate of drug-likeness (QED) is 0.809. The molecular weight excluding hydrogens is 372 g/mol. The minimum Gasteiger partial charge on any atom is -0.497 e. The smallest absolute Gasteiger partial charge is 0.321 e. The summed E-state index contributed by atoms with van der Waals surface area (Å²) in [5.74, 6) is 1.33. The Morgan fingerprint density at radius 2 is 1.59 bits per heavy atom. The number of rotatable bonds is 5. The summed E-state index contributed by atoms with van der Waals surface area (Å²) in [6, 6.07) is 12.7. The molecule has 1 aliphatic rings. The van der Waals surface area contributed by atoms with Gasteiger partial charge in [-0.05, 0) is 30.3 Å². The van der Waals surface area contributed by atoms with E-state index in [9.17, 15) is 9.59 Å². The largest absolute Gasteiger partial charge is 0.497 e. The fourth-order valence-electron chi connectivity index (χ4n) is 3.28. The molecule has 1 fully saturated rings. The molecule has 0 atom stereocenters. The van der Waals surface area contributed by atoms with E-state index in [0.717, 1.165) is 17.2 Å². The molecule has 1 aliphatic heterocycles. The molecule has 2 N–H and O–H groups in total. The fraction of sp³-hybridized carbons (Fsp3) is 0.333. The van der Waals surface area contributed by atoms with Gasteiger partial charge in [-0.1, -0.05) is 6.07 Å². The first kappa shape index (κ1) is 20.3. The van der Waals surface area contributed by atoms with Crippen LogP contribution in [0, 0.1) is 0 Å². The summed E-state index contributed by atoms with van der Waals surface area (Å²) in [6.45, 7) is 4.02. The number of carbonyl (C=O) groups excluding carboxylic acids is 2. The number of nitrogens with zero attached hydrogens (tertiary/aromatic N) is 2. The number of amides is 3. The van der Waals surface area contributed by atoms with Crippen LogP contribution in [-0.4, -0.2) is 57.2 Å². The first-order valence-electron chi connectivity index (χ1n) is 9.40. The van der Waals surface area contributed by atoms with Gasteiger partial charge in [-0.25, -0.2) is 4.79 Å². The van der Waals surface area contributed by atoms with Crippen LogP contribution in [0.4, 0.5) is 21.9 Å². The second-order valence-electron chi connectivity index (χ2n) is 6.70. The van der Waals surface area contributed by atoms with E-state index >= 15 is 0 Å². The number of hydrogen-bond donors (Lipinski definition) is 2. The number of hydrogen-bond acceptors (Lipinski definition) is 5. The molecule has 0 aromatic heterocycles. The number of nitrogens with one attached hydrogen (secondary N) is 2. The zero-order valence-electron chi connectivity index (χ0n) is 16.9. The number of anilines is 3. The van der Waals surface area contributed by atoms with Crippen LogP contribution in [0.2, 0.25) is 0 Å². The fourth-order valence-corrected chi connectivity index (χ4v) is 3.28. The van der Waals surface area contributed by atoms with Crippen molar-refractivity contribution in [2.75, 3.05) is 55.9 Å². The molecule has 0 saturated carbocycles. The van der Waals surface area contributed by atoms with Crippen molar-refractivity contribution >= 4 is 29.0 Å². The highest BCUT2D eigenvalue weighted by Crippen LogP contribution is 2.32. The van der Waals surface area contributed by atoms with Crippen molar-refractivity contribution in [3.05, 3.63) is 42.5 Å². The predicted octanol–water partition coefficient (Wildman–Crippen LogP) is 3.02. The molecular formula is C21H26N4O4. The maximum atomic E-state index is 12.6. The molecule has 8 heteroatoms. The Morgan fingerprint density at radius 1 is 0.897 bits per heavy atom. The van der Waals surface area contributed by atoms with Crippen molar-refractivity contribution in [2.24, 2.45) is 0 Å². The van der Waals surface area contributed by atoms with Gasteiger partial charge in [0.2, 0.25) is 5.91 Å². The number of benzene rings is 2. The van der Waals surface area contributed by atoms with Gasteiger partial charge < -0.3 is 29.9 Å². The third-order valence-electron chi connectivity index (χ3n) is 4.73. The SMILES string of the molecule is COc1ccc(N2CCN(C(=O)Nc3cccc(NC(C)=O)c3)CC2)c(OC)c1. The minimum atomic E-state index is -0.161. The topological polar surface area (TPSA) is 83.1 Å². The van der Waals surface area contributed by atoms with E-state index < -0.39 is 0 Å². The Hall–Kier alpha value is -3.42. The summed E-state index contributed by atoms with van der Waals surface area (Å²) in [4.78, 5) is 27.8. The van der Waals surface area contributed by atoms with Gasteiger partial charge in [0.05, 0.1) is 19.9 Å². The maximum Gasteiger partial charge on any atom is 0.321 e. The van der Waals surface area contributed by atoms with Crippen molar-refractivity contribution in [2.45, 2.75) is 6.92 Å². The van der Waals surface area contributed by atoms with Crippen LogP contribution < -0.4 is 25.0 Å². The van der Waals surface area contributed by atoms with Gasteiger partial charge in [-0.2, -0.15) is 0 Å². The van der Waals surface area contributed by atoms with Crippen molar-refractivity contribution in [3.8, 4) is 11.5 Å². The molecule has 3 amide bonds. The first-order valence-corrected chi connectivity index (χ1v) is 9.40. The number of methoxy groups -OCH3 is 2. The van der Waals surface area contributed by atoms with E-state index in [-0.39, 0.29) is 11.9 Å². The monoisotopic (exact) mass is 398 g/mol. The lowest BCUT2D eigenvalue weighted by molar-refractivity contribution is -0.114. The molecule has 3 rings (SSSR count). The van der Waals surface area contributed by atoms with Crippen molar-refractivity contribution in [1.82, 2.24) is 4.90 Å². The standard InChI is InChI=1S/C21H26N4O4/c1-15(26)22-16-5-4-6-17(13-16)23-21(27)25-11-9-24(10-12-25)19-8-7-18(28-2)14-20(19)29-3/h4-8,13-14H,9-12H2,1-3H3,(H,22,26)(H,23,27). The van der Waals surface area contributed by atoms with E-state index in [0.29, 0.717) is 37.6 Å². The summed E-state index contributed by atoms with van der Waals surface area (Å²) in [7, 11) is 3.26. The lowest BCUT2D eigenvalue weighted by Crippen LogP contribution is -2.50. The lowest BCUT2D eigenvalue weighted by Gasteiger charge is -2.36. The molecule has 0 aliphatic carbocycles. The Bertz CT molecular complexity index is 879. The van der Waals surface area contributed by atoms with Gasteiger partial charge in [0.25, 0.3) is 0 Å². The molecule has 0 spiro atoms. The molecule has 29 heavy (non-hydrogen) atoms. The Morgan fingerprint density at radius 3 is 2.21 bits per heavy atom. The van der Waals surface area contributed by atoms with Crippen LogP contribution in [0.15, 0.2) is 42.5 Å². The third-order valence-corrected chi connectivity index (χ3v) is 4.73. The summed E-state index contributed by atoms with van der Waals surface area (Å²) >= 11 is 0. The first-order chi connectivity index (χ1) is 14.0. The van der Waals surface area contributed by atoms with Gasteiger partial charge in [0.1, 0.15) is 11.5 Å². The van der Waals surface area contributed by atoms with E-state index in [1.807, 2.05) is 18.2 Å². The van der Waals surface area contributed by atoms with Crippen LogP contribution >= 0.6 is 0 Å². The number of carbonyl (C=O) groups is 2. The highest BCUT2D eigenvalue weighted by atomic mass is 16.5. The van der Waals surface area contributed by atoms with Crippen LogP contribution in [0.25, 0.3) is 0 Å². The molecule has 0 radical (unpaired) electrons. The van der Waals surface area contributed by atoms with Crippen molar-refractivity contribution in [1.29, 1.82) is 0 Å².